The molecule has 0 bridgehead atoms. The first kappa shape index (κ1) is 19.9. The lowest BCUT2D eigenvalue weighted by molar-refractivity contribution is -0.144. The van der Waals surface area contributed by atoms with Crippen LogP contribution in [0.5, 0.6) is 0 Å². The molecule has 1 aromatic heterocycles. The highest BCUT2D eigenvalue weighted by atomic mass is 79.9. The molecule has 0 radical (unpaired) electrons. The summed E-state index contributed by atoms with van der Waals surface area (Å²) in [5, 5.41) is 10.9. The Labute approximate surface area is 178 Å². The fourth-order valence-electron chi connectivity index (χ4n) is 3.93. The lowest BCUT2D eigenvalue weighted by Crippen LogP contribution is -2.49. The Kier molecular flexibility index (Phi) is 6.13. The molecule has 2 aromatic carbocycles. The Balaban J connectivity index is 1.42. The van der Waals surface area contributed by atoms with Crippen LogP contribution in [0, 0.1) is 0 Å². The van der Waals surface area contributed by atoms with Crippen molar-refractivity contribution < 1.29 is 9.90 Å². The average molecular weight is 454 g/mol. The van der Waals surface area contributed by atoms with Crippen LogP contribution in [0.4, 0.5) is 0 Å². The minimum Gasteiger partial charge on any atom is -0.480 e. The van der Waals surface area contributed by atoms with E-state index in [4.69, 9.17) is 0 Å². The SMILES string of the molecule is O=C(O)C(c1c[nH]c2ccc(Br)cc12)N1CCN(C/C=C/c2ccccc2)CC1. The Morgan fingerprint density at radius 3 is 2.62 bits per heavy atom. The smallest absolute Gasteiger partial charge is 0.325 e. The van der Waals surface area contributed by atoms with Gasteiger partial charge >= 0.3 is 5.97 Å². The van der Waals surface area contributed by atoms with E-state index in [2.05, 4.69) is 55.0 Å². The molecular weight excluding hydrogens is 430 g/mol. The number of piperazine rings is 1. The first-order valence-corrected chi connectivity index (χ1v) is 10.6. The third-order valence-electron chi connectivity index (χ3n) is 5.45. The molecule has 4 rings (SSSR count). The largest absolute Gasteiger partial charge is 0.480 e. The van der Waals surface area contributed by atoms with Gasteiger partial charge in [0.1, 0.15) is 6.04 Å². The van der Waals surface area contributed by atoms with Gasteiger partial charge in [-0.3, -0.25) is 14.6 Å². The van der Waals surface area contributed by atoms with Gasteiger partial charge in [0.05, 0.1) is 0 Å². The molecular formula is C23H24BrN3O2. The molecule has 0 spiro atoms. The molecule has 2 N–H and O–H groups in total. The lowest BCUT2D eigenvalue weighted by Gasteiger charge is -2.37. The van der Waals surface area contributed by atoms with Gasteiger partial charge < -0.3 is 10.1 Å². The van der Waals surface area contributed by atoms with Gasteiger partial charge in [-0.1, -0.05) is 58.4 Å². The number of halogens is 1. The van der Waals surface area contributed by atoms with Crippen LogP contribution in [0.2, 0.25) is 0 Å². The second-order valence-corrected chi connectivity index (χ2v) is 8.24. The number of rotatable bonds is 6. The summed E-state index contributed by atoms with van der Waals surface area (Å²) >= 11 is 3.49. The maximum absolute atomic E-state index is 12.1. The van der Waals surface area contributed by atoms with E-state index < -0.39 is 12.0 Å². The number of fused-ring (bicyclic) bond motifs is 1. The van der Waals surface area contributed by atoms with Crippen molar-refractivity contribution in [1.29, 1.82) is 0 Å². The van der Waals surface area contributed by atoms with Gasteiger partial charge in [0.15, 0.2) is 0 Å². The van der Waals surface area contributed by atoms with E-state index in [1.165, 1.54) is 5.56 Å². The van der Waals surface area contributed by atoms with Crippen molar-refractivity contribution >= 4 is 38.9 Å². The third-order valence-corrected chi connectivity index (χ3v) is 5.94. The first-order chi connectivity index (χ1) is 14.1. The minimum absolute atomic E-state index is 0.639. The average Bonchev–Trinajstić information content (AvgIpc) is 3.13. The lowest BCUT2D eigenvalue weighted by atomic mass is 10.0. The highest BCUT2D eigenvalue weighted by Gasteiger charge is 2.31. The van der Waals surface area contributed by atoms with Crippen molar-refractivity contribution in [1.82, 2.24) is 14.8 Å². The summed E-state index contributed by atoms with van der Waals surface area (Å²) in [7, 11) is 0. The number of aromatic nitrogens is 1. The van der Waals surface area contributed by atoms with Gasteiger partial charge in [-0.2, -0.15) is 0 Å². The zero-order valence-corrected chi connectivity index (χ0v) is 17.7. The molecule has 5 nitrogen and oxygen atoms in total. The number of aliphatic carboxylic acids is 1. The molecule has 2 heterocycles. The molecule has 3 aromatic rings. The topological polar surface area (TPSA) is 59.6 Å². The summed E-state index contributed by atoms with van der Waals surface area (Å²) < 4.78 is 0.949. The molecule has 0 amide bonds. The van der Waals surface area contributed by atoms with Gasteiger partial charge in [0.25, 0.3) is 0 Å². The number of hydrogen-bond donors (Lipinski definition) is 2. The summed E-state index contributed by atoms with van der Waals surface area (Å²) in [5.41, 5.74) is 2.98. The monoisotopic (exact) mass is 453 g/mol. The second kappa shape index (κ2) is 8.95. The van der Waals surface area contributed by atoms with Crippen LogP contribution in [0.1, 0.15) is 17.2 Å². The maximum Gasteiger partial charge on any atom is 0.325 e. The van der Waals surface area contributed by atoms with Gasteiger partial charge in [-0.15, -0.1) is 0 Å². The Morgan fingerprint density at radius 2 is 1.90 bits per heavy atom. The molecule has 1 aliphatic rings. The first-order valence-electron chi connectivity index (χ1n) is 9.79. The van der Waals surface area contributed by atoms with Crippen molar-refractivity contribution in [2.24, 2.45) is 0 Å². The summed E-state index contributed by atoms with van der Waals surface area (Å²) in [4.78, 5) is 19.8. The van der Waals surface area contributed by atoms with E-state index in [-0.39, 0.29) is 0 Å². The van der Waals surface area contributed by atoms with E-state index in [0.29, 0.717) is 0 Å². The quantitative estimate of drug-likeness (QED) is 0.580. The number of nitrogens with one attached hydrogen (secondary N) is 1. The fourth-order valence-corrected chi connectivity index (χ4v) is 4.29. The van der Waals surface area contributed by atoms with Crippen LogP contribution >= 0.6 is 15.9 Å². The number of H-pyrrole nitrogens is 1. The van der Waals surface area contributed by atoms with Crippen molar-refractivity contribution in [3.05, 3.63) is 76.4 Å². The molecule has 0 aliphatic carbocycles. The normalized spacial score (nSPS) is 17.1. The van der Waals surface area contributed by atoms with Crippen LogP contribution in [0.25, 0.3) is 17.0 Å². The van der Waals surface area contributed by atoms with Crippen LogP contribution in [0.15, 0.2) is 65.3 Å². The Morgan fingerprint density at radius 1 is 1.14 bits per heavy atom. The van der Waals surface area contributed by atoms with Crippen molar-refractivity contribution in [2.45, 2.75) is 6.04 Å². The number of carboxylic acid groups (broad SMARTS) is 1. The highest BCUT2D eigenvalue weighted by molar-refractivity contribution is 9.10. The number of carboxylic acids is 1. The van der Waals surface area contributed by atoms with E-state index >= 15 is 0 Å². The van der Waals surface area contributed by atoms with Gasteiger partial charge in [0, 0.05) is 59.9 Å². The molecule has 1 aliphatic heterocycles. The van der Waals surface area contributed by atoms with Crippen molar-refractivity contribution in [2.75, 3.05) is 32.7 Å². The van der Waals surface area contributed by atoms with E-state index in [1.807, 2.05) is 42.6 Å². The van der Waals surface area contributed by atoms with Crippen LogP contribution in [-0.2, 0) is 4.79 Å². The molecule has 1 fully saturated rings. The van der Waals surface area contributed by atoms with Gasteiger partial charge in [-0.25, -0.2) is 0 Å². The summed E-state index contributed by atoms with van der Waals surface area (Å²) in [6.07, 6.45) is 6.15. The maximum atomic E-state index is 12.1. The van der Waals surface area contributed by atoms with E-state index in [9.17, 15) is 9.90 Å². The molecule has 1 unspecified atom stereocenters. The van der Waals surface area contributed by atoms with Crippen LogP contribution < -0.4 is 0 Å². The summed E-state index contributed by atoms with van der Waals surface area (Å²) in [6, 6.07) is 15.5. The zero-order valence-electron chi connectivity index (χ0n) is 16.1. The number of carbonyl (C=O) groups is 1. The van der Waals surface area contributed by atoms with Crippen LogP contribution in [-0.4, -0.2) is 58.6 Å². The standard InChI is InChI=1S/C23H24BrN3O2/c24-18-8-9-21-19(15-18)20(16-25-21)22(23(28)29)27-13-11-26(12-14-27)10-4-7-17-5-2-1-3-6-17/h1-9,15-16,22,25H,10-14H2,(H,28,29)/b7-4+. The predicted octanol–water partition coefficient (Wildman–Crippen LogP) is 4.39. The molecule has 0 saturated carbocycles. The molecule has 6 heteroatoms. The summed E-state index contributed by atoms with van der Waals surface area (Å²) in [6.45, 7) is 4.05. The van der Waals surface area contributed by atoms with E-state index in [0.717, 1.165) is 53.7 Å². The van der Waals surface area contributed by atoms with Crippen molar-refractivity contribution in [3.63, 3.8) is 0 Å². The number of aromatic amines is 1. The Hall–Kier alpha value is -2.41. The number of nitrogens with zero attached hydrogens (tertiary/aromatic N) is 2. The molecule has 1 saturated heterocycles. The zero-order chi connectivity index (χ0) is 20.2. The number of benzene rings is 2. The van der Waals surface area contributed by atoms with E-state index in [1.54, 1.807) is 0 Å². The third kappa shape index (κ3) is 4.61. The van der Waals surface area contributed by atoms with Gasteiger partial charge in [0.2, 0.25) is 0 Å². The second-order valence-electron chi connectivity index (χ2n) is 7.32. The molecule has 150 valence electrons. The molecule has 1 atom stereocenters. The van der Waals surface area contributed by atoms with Crippen molar-refractivity contribution in [3.8, 4) is 0 Å². The fraction of sp³-hybridized carbons (Fsp3) is 0.261. The van der Waals surface area contributed by atoms with Crippen LogP contribution in [0.3, 0.4) is 0 Å². The minimum atomic E-state index is -0.803. The number of hydrogen-bond acceptors (Lipinski definition) is 3. The predicted molar refractivity (Wildman–Crippen MR) is 120 cm³/mol. The highest BCUT2D eigenvalue weighted by Crippen LogP contribution is 2.31. The Bertz CT molecular complexity index is 1010. The van der Waals surface area contributed by atoms with Gasteiger partial charge in [-0.05, 0) is 23.8 Å². The summed E-state index contributed by atoms with van der Waals surface area (Å²) in [5.74, 6) is -0.803. The molecule has 29 heavy (non-hydrogen) atoms.